The molecule has 0 saturated heterocycles. The van der Waals surface area contributed by atoms with Crippen molar-refractivity contribution in [3.8, 4) is 5.75 Å². The van der Waals surface area contributed by atoms with E-state index in [0.29, 0.717) is 6.42 Å². The van der Waals surface area contributed by atoms with Crippen LogP contribution in [-0.4, -0.2) is 22.0 Å². The second kappa shape index (κ2) is 6.21. The maximum absolute atomic E-state index is 10.4. The zero-order valence-corrected chi connectivity index (χ0v) is 12.6. The highest BCUT2D eigenvalue weighted by molar-refractivity contribution is 9.10. The number of benzene rings is 1. The van der Waals surface area contributed by atoms with Crippen molar-refractivity contribution in [2.75, 3.05) is 7.11 Å². The second-order valence-electron chi connectivity index (χ2n) is 4.23. The number of nitrogens with zero attached hydrogens (tertiary/aromatic N) is 2. The van der Waals surface area contributed by atoms with Gasteiger partial charge < -0.3 is 9.84 Å². The van der Waals surface area contributed by atoms with E-state index in [2.05, 4.69) is 21.0 Å². The van der Waals surface area contributed by atoms with E-state index < -0.39 is 6.10 Å². The lowest BCUT2D eigenvalue weighted by Gasteiger charge is -2.15. The third-order valence-corrected chi connectivity index (χ3v) is 3.67. The molecular formula is C14H17BrN2O2. The summed E-state index contributed by atoms with van der Waals surface area (Å²) in [6, 6.07) is 7.72. The number of rotatable bonds is 5. The van der Waals surface area contributed by atoms with Crippen LogP contribution < -0.4 is 4.74 Å². The number of hydrogen-bond donors (Lipinski definition) is 1. The summed E-state index contributed by atoms with van der Waals surface area (Å²) in [4.78, 5) is 0. The zero-order chi connectivity index (χ0) is 13.8. The number of aromatic nitrogens is 2. The molecule has 0 fully saturated rings. The van der Waals surface area contributed by atoms with Crippen molar-refractivity contribution in [3.63, 3.8) is 0 Å². The Hall–Kier alpha value is -1.33. The molecule has 0 spiro atoms. The lowest BCUT2D eigenvalue weighted by Crippen LogP contribution is -2.11. The largest absolute Gasteiger partial charge is 0.496 e. The van der Waals surface area contributed by atoms with Crippen LogP contribution in [-0.2, 0) is 13.0 Å². The first-order chi connectivity index (χ1) is 9.17. The minimum atomic E-state index is -0.617. The maximum Gasteiger partial charge on any atom is 0.122 e. The summed E-state index contributed by atoms with van der Waals surface area (Å²) in [6.45, 7) is 2.72. The van der Waals surface area contributed by atoms with E-state index in [4.69, 9.17) is 4.74 Å². The van der Waals surface area contributed by atoms with E-state index in [1.165, 1.54) is 0 Å². The molecule has 0 saturated carbocycles. The molecule has 1 atom stereocenters. The summed E-state index contributed by atoms with van der Waals surface area (Å²) < 4.78 is 7.93. The van der Waals surface area contributed by atoms with E-state index in [0.717, 1.165) is 28.0 Å². The SMILES string of the molecule is CCn1ncc(Br)c1C(O)Cc1ccccc1OC. The van der Waals surface area contributed by atoms with Crippen LogP contribution in [0.4, 0.5) is 0 Å². The van der Waals surface area contributed by atoms with E-state index in [9.17, 15) is 5.11 Å². The fourth-order valence-electron chi connectivity index (χ4n) is 2.13. The van der Waals surface area contributed by atoms with Crippen molar-refractivity contribution < 1.29 is 9.84 Å². The molecule has 1 heterocycles. The lowest BCUT2D eigenvalue weighted by atomic mass is 10.0. The number of aliphatic hydroxyl groups excluding tert-OH is 1. The Morgan fingerprint density at radius 2 is 2.16 bits per heavy atom. The number of hydrogen-bond acceptors (Lipinski definition) is 3. The Kier molecular flexibility index (Phi) is 4.61. The van der Waals surface area contributed by atoms with E-state index in [1.807, 2.05) is 31.2 Å². The van der Waals surface area contributed by atoms with Crippen LogP contribution in [0, 0.1) is 0 Å². The predicted molar refractivity (Wildman–Crippen MR) is 77.3 cm³/mol. The van der Waals surface area contributed by atoms with Gasteiger partial charge in [0.15, 0.2) is 0 Å². The van der Waals surface area contributed by atoms with Crippen molar-refractivity contribution in [1.82, 2.24) is 9.78 Å². The smallest absolute Gasteiger partial charge is 0.122 e. The van der Waals surface area contributed by atoms with Gasteiger partial charge in [0.25, 0.3) is 0 Å². The standard InChI is InChI=1S/C14H17BrN2O2/c1-3-17-14(11(15)9-16-17)12(18)8-10-6-4-5-7-13(10)19-2/h4-7,9,12,18H,3,8H2,1-2H3. The fourth-order valence-corrected chi connectivity index (χ4v) is 2.69. The molecule has 0 amide bonds. The van der Waals surface area contributed by atoms with Gasteiger partial charge in [0, 0.05) is 13.0 Å². The van der Waals surface area contributed by atoms with Crippen LogP contribution >= 0.6 is 15.9 Å². The van der Waals surface area contributed by atoms with Gasteiger partial charge in [-0.1, -0.05) is 18.2 Å². The molecule has 102 valence electrons. The van der Waals surface area contributed by atoms with Gasteiger partial charge in [-0.05, 0) is 34.5 Å². The quantitative estimate of drug-likeness (QED) is 0.919. The van der Waals surface area contributed by atoms with Gasteiger partial charge in [0.05, 0.1) is 23.5 Å². The molecule has 19 heavy (non-hydrogen) atoms. The molecular weight excluding hydrogens is 308 g/mol. The summed E-state index contributed by atoms with van der Waals surface area (Å²) in [5.41, 5.74) is 1.78. The predicted octanol–water partition coefficient (Wildman–Crippen LogP) is 2.95. The number of aliphatic hydroxyl groups is 1. The number of halogens is 1. The van der Waals surface area contributed by atoms with Crippen LogP contribution in [0.15, 0.2) is 34.9 Å². The molecule has 0 radical (unpaired) electrons. The Balaban J connectivity index is 2.25. The minimum absolute atomic E-state index is 0.494. The van der Waals surface area contributed by atoms with E-state index in [1.54, 1.807) is 18.0 Å². The maximum atomic E-state index is 10.4. The number of methoxy groups -OCH3 is 1. The minimum Gasteiger partial charge on any atom is -0.496 e. The lowest BCUT2D eigenvalue weighted by molar-refractivity contribution is 0.165. The zero-order valence-electron chi connectivity index (χ0n) is 11.0. The van der Waals surface area contributed by atoms with Crippen molar-refractivity contribution in [1.29, 1.82) is 0 Å². The van der Waals surface area contributed by atoms with Crippen LogP contribution in [0.5, 0.6) is 5.75 Å². The van der Waals surface area contributed by atoms with Crippen LogP contribution in [0.1, 0.15) is 24.3 Å². The van der Waals surface area contributed by atoms with Crippen LogP contribution in [0.25, 0.3) is 0 Å². The van der Waals surface area contributed by atoms with Gasteiger partial charge in [-0.15, -0.1) is 0 Å². The first kappa shape index (κ1) is 14.1. The van der Waals surface area contributed by atoms with Gasteiger partial charge in [-0.3, -0.25) is 4.68 Å². The molecule has 0 aliphatic carbocycles. The number of ether oxygens (including phenoxy) is 1. The normalized spacial score (nSPS) is 12.4. The molecule has 0 aliphatic rings. The first-order valence-corrected chi connectivity index (χ1v) is 6.97. The summed E-state index contributed by atoms with van der Waals surface area (Å²) in [5.74, 6) is 0.792. The molecule has 4 nitrogen and oxygen atoms in total. The topological polar surface area (TPSA) is 47.3 Å². The van der Waals surface area contributed by atoms with E-state index >= 15 is 0 Å². The summed E-state index contributed by atoms with van der Waals surface area (Å²) in [6.07, 6.45) is 1.59. The number of aryl methyl sites for hydroxylation is 1. The molecule has 1 aromatic heterocycles. The summed E-state index contributed by atoms with van der Waals surface area (Å²) in [7, 11) is 1.64. The van der Waals surface area contributed by atoms with Gasteiger partial charge in [0.2, 0.25) is 0 Å². The second-order valence-corrected chi connectivity index (χ2v) is 5.08. The Labute approximate surface area is 121 Å². The molecule has 5 heteroatoms. The summed E-state index contributed by atoms with van der Waals surface area (Å²) >= 11 is 3.43. The highest BCUT2D eigenvalue weighted by Crippen LogP contribution is 2.29. The highest BCUT2D eigenvalue weighted by Gasteiger charge is 2.19. The molecule has 1 unspecified atom stereocenters. The molecule has 1 aromatic carbocycles. The van der Waals surface area contributed by atoms with E-state index in [-0.39, 0.29) is 0 Å². The number of para-hydroxylation sites is 1. The van der Waals surface area contributed by atoms with Crippen molar-refractivity contribution in [3.05, 3.63) is 46.2 Å². The van der Waals surface area contributed by atoms with Crippen molar-refractivity contribution in [2.24, 2.45) is 0 Å². The van der Waals surface area contributed by atoms with Gasteiger partial charge in [0.1, 0.15) is 11.9 Å². The van der Waals surface area contributed by atoms with Gasteiger partial charge in [-0.25, -0.2) is 0 Å². The molecule has 2 aromatic rings. The Morgan fingerprint density at radius 1 is 1.42 bits per heavy atom. The van der Waals surface area contributed by atoms with Crippen LogP contribution in [0.3, 0.4) is 0 Å². The highest BCUT2D eigenvalue weighted by atomic mass is 79.9. The molecule has 0 aliphatic heterocycles. The molecule has 1 N–H and O–H groups in total. The van der Waals surface area contributed by atoms with Gasteiger partial charge in [-0.2, -0.15) is 5.10 Å². The Morgan fingerprint density at radius 3 is 2.84 bits per heavy atom. The average Bonchev–Trinajstić information content (AvgIpc) is 2.80. The monoisotopic (exact) mass is 324 g/mol. The Bertz CT molecular complexity index is 554. The average molecular weight is 325 g/mol. The van der Waals surface area contributed by atoms with Crippen molar-refractivity contribution >= 4 is 15.9 Å². The molecule has 2 rings (SSSR count). The third-order valence-electron chi connectivity index (χ3n) is 3.05. The fraction of sp³-hybridized carbons (Fsp3) is 0.357. The summed E-state index contributed by atoms with van der Waals surface area (Å²) in [5, 5.41) is 14.6. The molecule has 0 bridgehead atoms. The van der Waals surface area contributed by atoms with Gasteiger partial charge >= 0.3 is 0 Å². The third kappa shape index (κ3) is 2.98. The van der Waals surface area contributed by atoms with Crippen molar-refractivity contribution in [2.45, 2.75) is 26.0 Å². The first-order valence-electron chi connectivity index (χ1n) is 6.18. The van der Waals surface area contributed by atoms with Crippen LogP contribution in [0.2, 0.25) is 0 Å².